The number of nitrogens with two attached hydrogens (primary N) is 1. The maximum atomic E-state index is 5.79. The maximum Gasteiger partial charge on any atom is 0.136 e. The molecule has 0 radical (unpaired) electrons. The molecule has 16 heavy (non-hydrogen) atoms. The number of hydrogen-bond donors (Lipinski definition) is 2. The van der Waals surface area contributed by atoms with Crippen LogP contribution in [0.2, 0.25) is 0 Å². The fourth-order valence-corrected chi connectivity index (χ4v) is 1.67. The van der Waals surface area contributed by atoms with Crippen LogP contribution in [0, 0.1) is 0 Å². The number of benzene rings is 1. The summed E-state index contributed by atoms with van der Waals surface area (Å²) >= 11 is 0. The van der Waals surface area contributed by atoms with E-state index in [1.54, 1.807) is 0 Å². The Bertz CT molecular complexity index is 512. The second-order valence-corrected chi connectivity index (χ2v) is 4.99. The van der Waals surface area contributed by atoms with Gasteiger partial charge in [0.25, 0.3) is 0 Å². The molecular weight excluding hydrogens is 198 g/mol. The zero-order chi connectivity index (χ0) is 11.8. The zero-order valence-corrected chi connectivity index (χ0v) is 9.91. The summed E-state index contributed by atoms with van der Waals surface area (Å²) in [6, 6.07) is 10.00. The lowest BCUT2D eigenvalue weighted by molar-refractivity contribution is 0.632. The van der Waals surface area contributed by atoms with E-state index in [0.29, 0.717) is 5.82 Å². The first-order chi connectivity index (χ1) is 7.46. The Morgan fingerprint density at radius 1 is 1.19 bits per heavy atom. The second-order valence-electron chi connectivity index (χ2n) is 4.99. The van der Waals surface area contributed by atoms with Crippen molar-refractivity contribution in [2.75, 3.05) is 11.1 Å². The highest BCUT2D eigenvalue weighted by Crippen LogP contribution is 2.25. The van der Waals surface area contributed by atoms with Crippen molar-refractivity contribution in [1.29, 1.82) is 0 Å². The molecule has 0 fully saturated rings. The topological polar surface area (TPSA) is 50.9 Å². The molecule has 3 nitrogen and oxygen atoms in total. The Hall–Kier alpha value is -1.77. The van der Waals surface area contributed by atoms with Crippen LogP contribution in [0.1, 0.15) is 20.8 Å². The largest absolute Gasteiger partial charge is 0.384 e. The predicted octanol–water partition coefficient (Wildman–Crippen LogP) is 3.03. The van der Waals surface area contributed by atoms with Gasteiger partial charge in [-0.1, -0.05) is 24.3 Å². The third kappa shape index (κ3) is 2.24. The molecule has 0 bridgehead atoms. The molecule has 1 heterocycles. The number of nitrogen functional groups attached to an aromatic ring is 1. The molecule has 84 valence electrons. The van der Waals surface area contributed by atoms with Gasteiger partial charge in [-0.15, -0.1) is 0 Å². The average Bonchev–Trinajstić information content (AvgIpc) is 2.14. The first kappa shape index (κ1) is 10.7. The molecule has 0 unspecified atom stereocenters. The van der Waals surface area contributed by atoms with Crippen molar-refractivity contribution in [3.05, 3.63) is 30.3 Å². The van der Waals surface area contributed by atoms with Crippen molar-refractivity contribution in [2.24, 2.45) is 0 Å². The zero-order valence-electron chi connectivity index (χ0n) is 9.91. The molecule has 0 aliphatic heterocycles. The molecule has 0 atom stereocenters. The summed E-state index contributed by atoms with van der Waals surface area (Å²) in [5.74, 6) is 1.40. The number of aromatic nitrogens is 1. The van der Waals surface area contributed by atoms with Crippen LogP contribution < -0.4 is 11.1 Å². The van der Waals surface area contributed by atoms with E-state index in [4.69, 9.17) is 5.73 Å². The van der Waals surface area contributed by atoms with Gasteiger partial charge in [-0.25, -0.2) is 4.98 Å². The van der Waals surface area contributed by atoms with Crippen molar-refractivity contribution in [1.82, 2.24) is 4.98 Å². The number of hydrogen-bond acceptors (Lipinski definition) is 3. The highest BCUT2D eigenvalue weighted by Gasteiger charge is 2.12. The van der Waals surface area contributed by atoms with E-state index in [2.05, 4.69) is 37.1 Å². The summed E-state index contributed by atoms with van der Waals surface area (Å²) in [7, 11) is 0. The van der Waals surface area contributed by atoms with Crippen LogP contribution >= 0.6 is 0 Å². The third-order valence-corrected chi connectivity index (χ3v) is 2.25. The smallest absolute Gasteiger partial charge is 0.136 e. The minimum Gasteiger partial charge on any atom is -0.384 e. The van der Waals surface area contributed by atoms with E-state index < -0.39 is 0 Å². The summed E-state index contributed by atoms with van der Waals surface area (Å²) in [6.45, 7) is 6.31. The Morgan fingerprint density at radius 3 is 2.56 bits per heavy atom. The summed E-state index contributed by atoms with van der Waals surface area (Å²) in [6.07, 6.45) is 0. The fourth-order valence-electron chi connectivity index (χ4n) is 1.67. The van der Waals surface area contributed by atoms with E-state index >= 15 is 0 Å². The molecular formula is C13H17N3. The van der Waals surface area contributed by atoms with Gasteiger partial charge >= 0.3 is 0 Å². The van der Waals surface area contributed by atoms with E-state index in [9.17, 15) is 0 Å². The van der Waals surface area contributed by atoms with Gasteiger partial charge in [-0.05, 0) is 32.2 Å². The van der Waals surface area contributed by atoms with Crippen molar-refractivity contribution in [2.45, 2.75) is 26.3 Å². The van der Waals surface area contributed by atoms with Gasteiger partial charge in [-0.2, -0.15) is 0 Å². The first-order valence-electron chi connectivity index (χ1n) is 5.39. The van der Waals surface area contributed by atoms with Crippen molar-refractivity contribution in [3.8, 4) is 0 Å². The number of nitrogens with one attached hydrogen (secondary N) is 1. The van der Waals surface area contributed by atoms with Gasteiger partial charge in [0.2, 0.25) is 0 Å². The maximum absolute atomic E-state index is 5.79. The SMILES string of the molecule is CC(C)(C)Nc1nc(N)cc2ccccc12. The minimum atomic E-state index is -0.0242. The third-order valence-electron chi connectivity index (χ3n) is 2.25. The minimum absolute atomic E-state index is 0.0242. The van der Waals surface area contributed by atoms with Crippen LogP contribution in [-0.4, -0.2) is 10.5 Å². The van der Waals surface area contributed by atoms with Gasteiger partial charge in [-0.3, -0.25) is 0 Å². The molecule has 0 amide bonds. The first-order valence-corrected chi connectivity index (χ1v) is 5.39. The van der Waals surface area contributed by atoms with Gasteiger partial charge in [0.1, 0.15) is 11.6 Å². The van der Waals surface area contributed by atoms with E-state index in [1.165, 1.54) is 0 Å². The Morgan fingerprint density at radius 2 is 1.88 bits per heavy atom. The molecule has 2 aromatic rings. The van der Waals surface area contributed by atoms with Crippen LogP contribution in [0.5, 0.6) is 0 Å². The molecule has 0 aliphatic carbocycles. The number of fused-ring (bicyclic) bond motifs is 1. The van der Waals surface area contributed by atoms with Gasteiger partial charge in [0.15, 0.2) is 0 Å². The Kier molecular flexibility index (Phi) is 2.46. The van der Waals surface area contributed by atoms with Crippen LogP contribution in [-0.2, 0) is 0 Å². The van der Waals surface area contributed by atoms with Gasteiger partial charge in [0, 0.05) is 10.9 Å². The Labute approximate surface area is 95.7 Å². The Balaban J connectivity index is 2.59. The molecule has 0 saturated heterocycles. The quantitative estimate of drug-likeness (QED) is 0.768. The molecule has 0 spiro atoms. The number of pyridine rings is 1. The van der Waals surface area contributed by atoms with Gasteiger partial charge < -0.3 is 11.1 Å². The average molecular weight is 215 g/mol. The molecule has 0 saturated carbocycles. The summed E-state index contributed by atoms with van der Waals surface area (Å²) < 4.78 is 0. The standard InChI is InChI=1S/C13H17N3/c1-13(2,3)16-12-10-7-5-4-6-9(10)8-11(14)15-12/h4-8H,1-3H3,(H3,14,15,16). The monoisotopic (exact) mass is 215 g/mol. The van der Waals surface area contributed by atoms with Crippen molar-refractivity contribution >= 4 is 22.4 Å². The highest BCUT2D eigenvalue weighted by molar-refractivity contribution is 5.93. The van der Waals surface area contributed by atoms with E-state index in [0.717, 1.165) is 16.6 Å². The lowest BCUT2D eigenvalue weighted by Crippen LogP contribution is -2.26. The van der Waals surface area contributed by atoms with E-state index in [1.807, 2.05) is 24.3 Å². The summed E-state index contributed by atoms with van der Waals surface area (Å²) in [4.78, 5) is 4.35. The van der Waals surface area contributed by atoms with Crippen molar-refractivity contribution in [3.63, 3.8) is 0 Å². The van der Waals surface area contributed by atoms with Crippen LogP contribution in [0.3, 0.4) is 0 Å². The lowest BCUT2D eigenvalue weighted by Gasteiger charge is -2.22. The van der Waals surface area contributed by atoms with Crippen molar-refractivity contribution < 1.29 is 0 Å². The van der Waals surface area contributed by atoms with Gasteiger partial charge in [0.05, 0.1) is 0 Å². The second kappa shape index (κ2) is 3.67. The molecule has 1 aromatic carbocycles. The summed E-state index contributed by atoms with van der Waals surface area (Å²) in [5, 5.41) is 5.59. The van der Waals surface area contributed by atoms with Crippen LogP contribution in [0.25, 0.3) is 10.8 Å². The van der Waals surface area contributed by atoms with E-state index in [-0.39, 0.29) is 5.54 Å². The summed E-state index contributed by atoms with van der Waals surface area (Å²) in [5.41, 5.74) is 5.77. The predicted molar refractivity (Wildman–Crippen MR) is 69.5 cm³/mol. The normalized spacial score (nSPS) is 11.7. The highest BCUT2D eigenvalue weighted by atomic mass is 15.1. The molecule has 3 N–H and O–H groups in total. The number of nitrogens with zero attached hydrogens (tertiary/aromatic N) is 1. The molecule has 3 heteroatoms. The van der Waals surface area contributed by atoms with Crippen LogP contribution in [0.4, 0.5) is 11.6 Å². The number of rotatable bonds is 1. The lowest BCUT2D eigenvalue weighted by atomic mass is 10.1. The molecule has 0 aliphatic rings. The molecule has 1 aromatic heterocycles. The fraction of sp³-hybridized carbons (Fsp3) is 0.308. The number of anilines is 2. The van der Waals surface area contributed by atoms with Crippen LogP contribution in [0.15, 0.2) is 30.3 Å². The molecule has 2 rings (SSSR count).